The summed E-state index contributed by atoms with van der Waals surface area (Å²) in [4.78, 5) is 4.20. The Labute approximate surface area is 134 Å². The number of likely N-dealkylation sites (tertiary alicyclic amines) is 1. The number of hydrogen-bond acceptors (Lipinski definition) is 3. The molecular formula is C16H25BrN2S. The van der Waals surface area contributed by atoms with Crippen molar-refractivity contribution in [1.82, 2.24) is 4.90 Å². The largest absolute Gasteiger partial charge is 0.326 e. The number of thiophene rings is 1. The second-order valence-corrected chi connectivity index (χ2v) is 8.18. The Bertz CT molecular complexity index is 447. The molecule has 1 aliphatic carbocycles. The van der Waals surface area contributed by atoms with Crippen LogP contribution >= 0.6 is 27.3 Å². The van der Waals surface area contributed by atoms with Crippen molar-refractivity contribution in [3.05, 3.63) is 20.8 Å². The number of fused-ring (bicyclic) bond motifs is 1. The van der Waals surface area contributed by atoms with Gasteiger partial charge in [-0.3, -0.25) is 4.90 Å². The maximum atomic E-state index is 6.52. The minimum Gasteiger partial charge on any atom is -0.326 e. The monoisotopic (exact) mass is 356 g/mol. The third-order valence-electron chi connectivity index (χ3n) is 5.15. The van der Waals surface area contributed by atoms with Crippen molar-refractivity contribution < 1.29 is 0 Å². The highest BCUT2D eigenvalue weighted by Crippen LogP contribution is 2.43. The molecule has 112 valence electrons. The summed E-state index contributed by atoms with van der Waals surface area (Å²) in [5.41, 5.74) is 6.52. The molecule has 0 spiro atoms. The maximum absolute atomic E-state index is 6.52. The van der Waals surface area contributed by atoms with Crippen molar-refractivity contribution >= 4 is 27.3 Å². The zero-order chi connectivity index (χ0) is 14.1. The van der Waals surface area contributed by atoms with Crippen LogP contribution in [0.15, 0.2) is 15.9 Å². The smallest absolute Gasteiger partial charge is 0.0596 e. The Balaban J connectivity index is 1.88. The topological polar surface area (TPSA) is 29.3 Å². The van der Waals surface area contributed by atoms with E-state index in [-0.39, 0.29) is 6.04 Å². The number of nitrogens with two attached hydrogens (primary N) is 1. The third kappa shape index (κ3) is 2.85. The highest BCUT2D eigenvalue weighted by atomic mass is 79.9. The van der Waals surface area contributed by atoms with Crippen LogP contribution in [0, 0.1) is 5.92 Å². The first-order chi connectivity index (χ1) is 9.70. The van der Waals surface area contributed by atoms with Gasteiger partial charge in [-0.15, -0.1) is 11.3 Å². The van der Waals surface area contributed by atoms with Gasteiger partial charge in [0.15, 0.2) is 0 Å². The Morgan fingerprint density at radius 3 is 2.90 bits per heavy atom. The van der Waals surface area contributed by atoms with E-state index in [9.17, 15) is 0 Å². The lowest BCUT2D eigenvalue weighted by atomic mass is 9.88. The molecular weight excluding hydrogens is 332 g/mol. The van der Waals surface area contributed by atoms with Gasteiger partial charge in [-0.1, -0.05) is 13.3 Å². The molecule has 0 aromatic carbocycles. The highest BCUT2D eigenvalue weighted by molar-refractivity contribution is 9.10. The van der Waals surface area contributed by atoms with Gasteiger partial charge in [-0.25, -0.2) is 0 Å². The molecule has 1 aliphatic heterocycles. The molecule has 4 unspecified atom stereocenters. The first kappa shape index (κ1) is 15.0. The van der Waals surface area contributed by atoms with E-state index < -0.39 is 0 Å². The van der Waals surface area contributed by atoms with E-state index in [0.29, 0.717) is 6.04 Å². The van der Waals surface area contributed by atoms with E-state index in [2.05, 4.69) is 39.2 Å². The zero-order valence-corrected chi connectivity index (χ0v) is 14.6. The molecule has 4 heteroatoms. The Hall–Kier alpha value is 0.1000. The van der Waals surface area contributed by atoms with Gasteiger partial charge in [0.1, 0.15) is 0 Å². The molecule has 20 heavy (non-hydrogen) atoms. The number of nitrogens with zero attached hydrogens (tertiary/aromatic N) is 1. The summed E-state index contributed by atoms with van der Waals surface area (Å²) in [5, 5.41) is 2.20. The summed E-state index contributed by atoms with van der Waals surface area (Å²) >= 11 is 5.46. The van der Waals surface area contributed by atoms with E-state index in [1.54, 1.807) is 0 Å². The molecule has 1 aromatic rings. The normalized spacial score (nSPS) is 30.1. The molecule has 3 rings (SSSR count). The van der Waals surface area contributed by atoms with E-state index in [1.807, 2.05) is 11.3 Å². The third-order valence-corrected chi connectivity index (χ3v) is 6.91. The zero-order valence-electron chi connectivity index (χ0n) is 12.2. The van der Waals surface area contributed by atoms with Gasteiger partial charge in [0.25, 0.3) is 0 Å². The SMILES string of the molecule is CCC(N)C(c1cc(Br)cs1)N1CCCC2CCCC21. The van der Waals surface area contributed by atoms with Crippen LogP contribution in [0.1, 0.15) is 56.4 Å². The van der Waals surface area contributed by atoms with E-state index in [1.165, 1.54) is 48.0 Å². The molecule has 1 saturated carbocycles. The van der Waals surface area contributed by atoms with Crippen molar-refractivity contribution in [2.45, 2.75) is 63.6 Å². The summed E-state index contributed by atoms with van der Waals surface area (Å²) in [6.07, 6.45) is 8.06. The molecule has 2 nitrogen and oxygen atoms in total. The predicted molar refractivity (Wildman–Crippen MR) is 90.1 cm³/mol. The standard InChI is InChI=1S/C16H25BrN2S/c1-2-13(18)16(15-9-12(17)10-20-15)19-8-4-6-11-5-3-7-14(11)19/h9-11,13-14,16H,2-8,18H2,1H3. The number of rotatable bonds is 4. The van der Waals surface area contributed by atoms with Crippen molar-refractivity contribution in [3.8, 4) is 0 Å². The van der Waals surface area contributed by atoms with Crippen LogP contribution < -0.4 is 5.73 Å². The van der Waals surface area contributed by atoms with Crippen LogP contribution in [0.2, 0.25) is 0 Å². The van der Waals surface area contributed by atoms with Crippen LogP contribution in [-0.4, -0.2) is 23.5 Å². The maximum Gasteiger partial charge on any atom is 0.0596 e. The average Bonchev–Trinajstić information content (AvgIpc) is 3.08. The number of halogens is 1. The van der Waals surface area contributed by atoms with Crippen molar-refractivity contribution in [3.63, 3.8) is 0 Å². The Morgan fingerprint density at radius 2 is 2.20 bits per heavy atom. The fraction of sp³-hybridized carbons (Fsp3) is 0.750. The molecule has 2 heterocycles. The average molecular weight is 357 g/mol. The van der Waals surface area contributed by atoms with Gasteiger partial charge in [-0.05, 0) is 66.6 Å². The second-order valence-electron chi connectivity index (χ2n) is 6.32. The van der Waals surface area contributed by atoms with Gasteiger partial charge >= 0.3 is 0 Å². The van der Waals surface area contributed by atoms with Gasteiger partial charge in [0.2, 0.25) is 0 Å². The molecule has 0 bridgehead atoms. The van der Waals surface area contributed by atoms with E-state index >= 15 is 0 Å². The van der Waals surface area contributed by atoms with Gasteiger partial charge in [-0.2, -0.15) is 0 Å². The second kappa shape index (κ2) is 6.47. The Kier molecular flexibility index (Phi) is 4.86. The fourth-order valence-electron chi connectivity index (χ4n) is 4.16. The van der Waals surface area contributed by atoms with Crippen LogP contribution in [-0.2, 0) is 0 Å². The van der Waals surface area contributed by atoms with E-state index in [4.69, 9.17) is 5.73 Å². The van der Waals surface area contributed by atoms with Gasteiger partial charge < -0.3 is 5.73 Å². The van der Waals surface area contributed by atoms with E-state index in [0.717, 1.165) is 18.4 Å². The number of hydrogen-bond donors (Lipinski definition) is 1. The van der Waals surface area contributed by atoms with Gasteiger partial charge in [0, 0.05) is 26.8 Å². The first-order valence-corrected chi connectivity index (χ1v) is 9.63. The molecule has 2 N–H and O–H groups in total. The van der Waals surface area contributed by atoms with Crippen LogP contribution in [0.5, 0.6) is 0 Å². The predicted octanol–water partition coefficient (Wildman–Crippen LogP) is 4.55. The molecule has 1 saturated heterocycles. The van der Waals surface area contributed by atoms with Crippen molar-refractivity contribution in [1.29, 1.82) is 0 Å². The summed E-state index contributed by atoms with van der Waals surface area (Å²) in [6.45, 7) is 3.45. The molecule has 2 aliphatic rings. The Morgan fingerprint density at radius 1 is 1.40 bits per heavy atom. The number of piperidine rings is 1. The van der Waals surface area contributed by atoms with Crippen molar-refractivity contribution in [2.24, 2.45) is 11.7 Å². The lowest BCUT2D eigenvalue weighted by Crippen LogP contribution is -2.49. The molecule has 2 fully saturated rings. The first-order valence-electron chi connectivity index (χ1n) is 7.96. The lowest BCUT2D eigenvalue weighted by molar-refractivity contribution is 0.0554. The van der Waals surface area contributed by atoms with Gasteiger partial charge in [0.05, 0.1) is 6.04 Å². The quantitative estimate of drug-likeness (QED) is 0.856. The summed E-state index contributed by atoms with van der Waals surface area (Å²) in [7, 11) is 0. The lowest BCUT2D eigenvalue weighted by Gasteiger charge is -2.44. The summed E-state index contributed by atoms with van der Waals surface area (Å²) in [6, 6.07) is 3.73. The van der Waals surface area contributed by atoms with Crippen LogP contribution in [0.25, 0.3) is 0 Å². The van der Waals surface area contributed by atoms with Crippen LogP contribution in [0.4, 0.5) is 0 Å². The highest BCUT2D eigenvalue weighted by Gasteiger charge is 2.40. The molecule has 1 aromatic heterocycles. The fourth-order valence-corrected chi connectivity index (χ4v) is 5.80. The minimum atomic E-state index is 0.250. The summed E-state index contributed by atoms with van der Waals surface area (Å²) < 4.78 is 1.20. The van der Waals surface area contributed by atoms with Crippen LogP contribution in [0.3, 0.4) is 0 Å². The molecule has 4 atom stereocenters. The summed E-state index contributed by atoms with van der Waals surface area (Å²) in [5.74, 6) is 0.929. The molecule has 0 radical (unpaired) electrons. The minimum absolute atomic E-state index is 0.250. The molecule has 0 amide bonds. The van der Waals surface area contributed by atoms with Crippen molar-refractivity contribution in [2.75, 3.05) is 6.54 Å².